The van der Waals surface area contributed by atoms with Crippen LogP contribution in [0.2, 0.25) is 0 Å². The lowest BCUT2D eigenvalue weighted by molar-refractivity contribution is -0.121. The molecule has 0 unspecified atom stereocenters. The fourth-order valence-electron chi connectivity index (χ4n) is 2.47. The van der Waals surface area contributed by atoms with Crippen LogP contribution in [0.1, 0.15) is 51.4 Å². The van der Waals surface area contributed by atoms with E-state index in [1.54, 1.807) is 0 Å². The zero-order chi connectivity index (χ0) is 13.1. The molecule has 0 aromatic rings. The molecule has 0 spiro atoms. The summed E-state index contributed by atoms with van der Waals surface area (Å²) in [6.07, 6.45) is 9.20. The quantitative estimate of drug-likeness (QED) is 0.620. The van der Waals surface area contributed by atoms with E-state index in [2.05, 4.69) is 5.32 Å². The Hall–Kier alpha value is -0.610. The smallest absolute Gasteiger partial charge is 0.220 e. The number of rotatable bonds is 9. The molecule has 0 aliphatic heterocycles. The first-order chi connectivity index (χ1) is 8.83. The van der Waals surface area contributed by atoms with Crippen molar-refractivity contribution < 1.29 is 14.6 Å². The highest BCUT2D eigenvalue weighted by molar-refractivity contribution is 5.75. The Morgan fingerprint density at radius 3 is 2.72 bits per heavy atom. The molecule has 0 atom stereocenters. The Kier molecular flexibility index (Phi) is 8.86. The summed E-state index contributed by atoms with van der Waals surface area (Å²) >= 11 is 0. The molecule has 0 bridgehead atoms. The molecule has 1 saturated carbocycles. The standard InChI is InChI=1S/C14H27NO3/c16-10-12-18-11-4-9-15-14(17)8-7-13-5-2-1-3-6-13/h13,16H,1-12H2,(H,15,17). The second-order valence-corrected chi connectivity index (χ2v) is 5.08. The maximum Gasteiger partial charge on any atom is 0.220 e. The Balaban J connectivity index is 1.90. The molecule has 1 aliphatic rings. The Bertz CT molecular complexity index is 215. The molecule has 4 nitrogen and oxygen atoms in total. The van der Waals surface area contributed by atoms with E-state index in [1.165, 1.54) is 32.1 Å². The van der Waals surface area contributed by atoms with Gasteiger partial charge in [-0.05, 0) is 18.8 Å². The largest absolute Gasteiger partial charge is 0.394 e. The van der Waals surface area contributed by atoms with Crippen LogP contribution in [-0.2, 0) is 9.53 Å². The van der Waals surface area contributed by atoms with Crippen LogP contribution < -0.4 is 5.32 Å². The average molecular weight is 257 g/mol. The lowest BCUT2D eigenvalue weighted by Gasteiger charge is -2.20. The third kappa shape index (κ3) is 7.67. The minimum atomic E-state index is 0.0632. The average Bonchev–Trinajstić information content (AvgIpc) is 2.41. The number of hydrogen-bond acceptors (Lipinski definition) is 3. The monoisotopic (exact) mass is 257 g/mol. The van der Waals surface area contributed by atoms with Crippen LogP contribution in [0.5, 0.6) is 0 Å². The fraction of sp³-hybridized carbons (Fsp3) is 0.929. The van der Waals surface area contributed by atoms with Crippen molar-refractivity contribution in [2.45, 2.75) is 51.4 Å². The number of hydrogen-bond donors (Lipinski definition) is 2. The molecular formula is C14H27NO3. The van der Waals surface area contributed by atoms with E-state index in [9.17, 15) is 4.79 Å². The van der Waals surface area contributed by atoms with Gasteiger partial charge in [-0.15, -0.1) is 0 Å². The van der Waals surface area contributed by atoms with Crippen LogP contribution in [0.15, 0.2) is 0 Å². The predicted octanol–water partition coefficient (Wildman–Crippen LogP) is 1.86. The van der Waals surface area contributed by atoms with Crippen molar-refractivity contribution in [2.24, 2.45) is 5.92 Å². The van der Waals surface area contributed by atoms with Gasteiger partial charge in [-0.3, -0.25) is 4.79 Å². The third-order valence-electron chi connectivity index (χ3n) is 3.53. The van der Waals surface area contributed by atoms with Crippen LogP contribution in [0.4, 0.5) is 0 Å². The molecule has 1 rings (SSSR count). The van der Waals surface area contributed by atoms with Crippen LogP contribution in [-0.4, -0.2) is 37.4 Å². The van der Waals surface area contributed by atoms with E-state index in [1.807, 2.05) is 0 Å². The first kappa shape index (κ1) is 15.4. The van der Waals surface area contributed by atoms with E-state index in [4.69, 9.17) is 9.84 Å². The zero-order valence-corrected chi connectivity index (χ0v) is 11.3. The molecule has 1 aliphatic carbocycles. The maximum absolute atomic E-state index is 11.6. The molecular weight excluding hydrogens is 230 g/mol. The van der Waals surface area contributed by atoms with Crippen molar-refractivity contribution in [1.82, 2.24) is 5.32 Å². The molecule has 0 saturated heterocycles. The van der Waals surface area contributed by atoms with Gasteiger partial charge < -0.3 is 15.2 Å². The van der Waals surface area contributed by atoms with Gasteiger partial charge in [0.15, 0.2) is 0 Å². The van der Waals surface area contributed by atoms with Crippen molar-refractivity contribution in [3.05, 3.63) is 0 Å². The first-order valence-corrected chi connectivity index (χ1v) is 7.28. The number of ether oxygens (including phenoxy) is 1. The van der Waals surface area contributed by atoms with Gasteiger partial charge in [0.25, 0.3) is 0 Å². The molecule has 0 heterocycles. The van der Waals surface area contributed by atoms with Gasteiger partial charge in [0.05, 0.1) is 13.2 Å². The topological polar surface area (TPSA) is 58.6 Å². The van der Waals surface area contributed by atoms with Crippen molar-refractivity contribution in [1.29, 1.82) is 0 Å². The Morgan fingerprint density at radius 2 is 2.00 bits per heavy atom. The van der Waals surface area contributed by atoms with Crippen molar-refractivity contribution in [3.8, 4) is 0 Å². The molecule has 106 valence electrons. The molecule has 1 amide bonds. The summed E-state index contributed by atoms with van der Waals surface area (Å²) in [6, 6.07) is 0. The van der Waals surface area contributed by atoms with Crippen molar-refractivity contribution >= 4 is 5.91 Å². The van der Waals surface area contributed by atoms with Gasteiger partial charge in [0, 0.05) is 19.6 Å². The lowest BCUT2D eigenvalue weighted by Crippen LogP contribution is -2.25. The number of nitrogens with one attached hydrogen (secondary N) is 1. The van der Waals surface area contributed by atoms with Gasteiger partial charge in [0.2, 0.25) is 5.91 Å². The fourth-order valence-corrected chi connectivity index (χ4v) is 2.47. The van der Waals surface area contributed by atoms with Crippen LogP contribution in [0.3, 0.4) is 0 Å². The highest BCUT2D eigenvalue weighted by atomic mass is 16.5. The minimum absolute atomic E-state index is 0.0632. The highest BCUT2D eigenvalue weighted by Gasteiger charge is 2.14. The second kappa shape index (κ2) is 10.3. The van der Waals surface area contributed by atoms with E-state index in [0.29, 0.717) is 26.2 Å². The lowest BCUT2D eigenvalue weighted by atomic mass is 9.86. The van der Waals surface area contributed by atoms with Gasteiger partial charge >= 0.3 is 0 Å². The van der Waals surface area contributed by atoms with E-state index in [0.717, 1.165) is 18.8 Å². The van der Waals surface area contributed by atoms with Gasteiger partial charge in [0.1, 0.15) is 0 Å². The van der Waals surface area contributed by atoms with Gasteiger partial charge in [-0.25, -0.2) is 0 Å². The van der Waals surface area contributed by atoms with Gasteiger partial charge in [-0.2, -0.15) is 0 Å². The Labute approximate surface area is 110 Å². The summed E-state index contributed by atoms with van der Waals surface area (Å²) in [4.78, 5) is 11.6. The number of amides is 1. The maximum atomic E-state index is 11.6. The minimum Gasteiger partial charge on any atom is -0.394 e. The SMILES string of the molecule is O=C(CCC1CCCCC1)NCCCOCCO. The third-order valence-corrected chi connectivity index (χ3v) is 3.53. The van der Waals surface area contributed by atoms with E-state index in [-0.39, 0.29) is 12.5 Å². The number of carbonyl (C=O) groups excluding carboxylic acids is 1. The summed E-state index contributed by atoms with van der Waals surface area (Å²) in [5.74, 6) is 0.945. The first-order valence-electron chi connectivity index (χ1n) is 7.28. The predicted molar refractivity (Wildman–Crippen MR) is 71.3 cm³/mol. The van der Waals surface area contributed by atoms with Crippen LogP contribution in [0, 0.1) is 5.92 Å². The molecule has 18 heavy (non-hydrogen) atoms. The van der Waals surface area contributed by atoms with Crippen molar-refractivity contribution in [2.75, 3.05) is 26.4 Å². The summed E-state index contributed by atoms with van der Waals surface area (Å²) < 4.78 is 5.12. The number of carbonyl (C=O) groups is 1. The molecule has 2 N–H and O–H groups in total. The van der Waals surface area contributed by atoms with Crippen molar-refractivity contribution in [3.63, 3.8) is 0 Å². The second-order valence-electron chi connectivity index (χ2n) is 5.08. The molecule has 4 heteroatoms. The highest BCUT2D eigenvalue weighted by Crippen LogP contribution is 2.27. The zero-order valence-electron chi connectivity index (χ0n) is 11.3. The normalized spacial score (nSPS) is 16.7. The molecule has 1 fully saturated rings. The summed E-state index contributed by atoms with van der Waals surface area (Å²) in [6.45, 7) is 1.72. The molecule has 0 aromatic carbocycles. The van der Waals surface area contributed by atoms with Crippen LogP contribution in [0.25, 0.3) is 0 Å². The summed E-state index contributed by atoms with van der Waals surface area (Å²) in [7, 11) is 0. The summed E-state index contributed by atoms with van der Waals surface area (Å²) in [5.41, 5.74) is 0. The molecule has 0 radical (unpaired) electrons. The number of aliphatic hydroxyl groups excluding tert-OH is 1. The van der Waals surface area contributed by atoms with E-state index < -0.39 is 0 Å². The van der Waals surface area contributed by atoms with Crippen LogP contribution >= 0.6 is 0 Å². The van der Waals surface area contributed by atoms with E-state index >= 15 is 0 Å². The number of aliphatic hydroxyl groups is 1. The van der Waals surface area contributed by atoms with Gasteiger partial charge in [-0.1, -0.05) is 32.1 Å². The summed E-state index contributed by atoms with van der Waals surface area (Å²) in [5, 5.41) is 11.4. The molecule has 0 aromatic heterocycles. The Morgan fingerprint density at radius 1 is 1.22 bits per heavy atom.